The number of methoxy groups -OCH3 is 1. The van der Waals surface area contributed by atoms with E-state index in [4.69, 9.17) is 27.9 Å². The molecule has 0 spiro atoms. The van der Waals surface area contributed by atoms with Crippen LogP contribution in [0.1, 0.15) is 17.3 Å². The van der Waals surface area contributed by atoms with Gasteiger partial charge in [-0.1, -0.05) is 23.2 Å². The molecule has 0 atom stereocenters. The average molecular weight is 378 g/mol. The van der Waals surface area contributed by atoms with Gasteiger partial charge < -0.3 is 4.74 Å². The highest BCUT2D eigenvalue weighted by atomic mass is 35.5. The monoisotopic (exact) mass is 377 g/mol. The molecule has 0 saturated carbocycles. The van der Waals surface area contributed by atoms with E-state index in [0.717, 1.165) is 11.5 Å². The molecule has 0 amide bonds. The second kappa shape index (κ2) is 8.38. The van der Waals surface area contributed by atoms with Gasteiger partial charge in [0.05, 0.1) is 23.0 Å². The summed E-state index contributed by atoms with van der Waals surface area (Å²) in [5.41, 5.74) is 1.60. The molecular weight excluding hydrogens is 361 g/mol. The Morgan fingerprint density at radius 1 is 1.12 bits per heavy atom. The van der Waals surface area contributed by atoms with Crippen LogP contribution in [0.15, 0.2) is 36.8 Å². The van der Waals surface area contributed by atoms with Gasteiger partial charge in [-0.25, -0.2) is 9.67 Å². The Balaban J connectivity index is 1.91. The SMILES string of the molecule is COCCc1nc(CCc2cnccn2)n(-c2cc(Cl)ccc2Cl)n1. The summed E-state index contributed by atoms with van der Waals surface area (Å²) in [6.07, 6.45) is 7.06. The van der Waals surface area contributed by atoms with Crippen molar-refractivity contribution in [2.75, 3.05) is 13.7 Å². The lowest BCUT2D eigenvalue weighted by Crippen LogP contribution is -2.06. The maximum Gasteiger partial charge on any atom is 0.153 e. The molecule has 0 fully saturated rings. The maximum absolute atomic E-state index is 6.34. The van der Waals surface area contributed by atoms with Crippen LogP contribution >= 0.6 is 23.2 Å². The lowest BCUT2D eigenvalue weighted by atomic mass is 10.2. The van der Waals surface area contributed by atoms with Crippen molar-refractivity contribution in [3.63, 3.8) is 0 Å². The van der Waals surface area contributed by atoms with Crippen molar-refractivity contribution in [1.82, 2.24) is 24.7 Å². The molecule has 130 valence electrons. The summed E-state index contributed by atoms with van der Waals surface area (Å²) in [7, 11) is 1.65. The van der Waals surface area contributed by atoms with Gasteiger partial charge in [0.1, 0.15) is 5.82 Å². The molecule has 0 bridgehead atoms. The van der Waals surface area contributed by atoms with Crippen LogP contribution in [0.3, 0.4) is 0 Å². The first-order valence-corrected chi connectivity index (χ1v) is 8.57. The summed E-state index contributed by atoms with van der Waals surface area (Å²) < 4.78 is 6.86. The van der Waals surface area contributed by atoms with Crippen LogP contribution in [0.25, 0.3) is 5.69 Å². The number of benzene rings is 1. The number of halogens is 2. The molecule has 0 aliphatic heterocycles. The number of hydrogen-bond donors (Lipinski definition) is 0. The Morgan fingerprint density at radius 3 is 2.76 bits per heavy atom. The third kappa shape index (κ3) is 4.54. The van der Waals surface area contributed by atoms with Gasteiger partial charge >= 0.3 is 0 Å². The van der Waals surface area contributed by atoms with Crippen LogP contribution in [0.4, 0.5) is 0 Å². The topological polar surface area (TPSA) is 65.7 Å². The Bertz CT molecular complexity index is 838. The smallest absolute Gasteiger partial charge is 0.153 e. The largest absolute Gasteiger partial charge is 0.384 e. The number of hydrogen-bond acceptors (Lipinski definition) is 5. The van der Waals surface area contributed by atoms with Crippen LogP contribution in [-0.4, -0.2) is 38.4 Å². The Labute approximate surface area is 155 Å². The van der Waals surface area contributed by atoms with E-state index in [1.54, 1.807) is 48.6 Å². The van der Waals surface area contributed by atoms with Crippen LogP contribution < -0.4 is 0 Å². The summed E-state index contributed by atoms with van der Waals surface area (Å²) in [5, 5.41) is 5.73. The molecular formula is C17H17Cl2N5O. The van der Waals surface area contributed by atoms with Crippen molar-refractivity contribution in [3.05, 3.63) is 64.2 Å². The summed E-state index contributed by atoms with van der Waals surface area (Å²) in [5.74, 6) is 1.49. The molecule has 2 aromatic heterocycles. The lowest BCUT2D eigenvalue weighted by Gasteiger charge is -2.08. The molecule has 1 aromatic carbocycles. The number of nitrogens with zero attached hydrogens (tertiary/aromatic N) is 5. The van der Waals surface area contributed by atoms with Gasteiger partial charge in [0.2, 0.25) is 0 Å². The minimum Gasteiger partial charge on any atom is -0.384 e. The zero-order valence-corrected chi connectivity index (χ0v) is 15.2. The summed E-state index contributed by atoms with van der Waals surface area (Å²) in [6, 6.07) is 5.28. The first kappa shape index (κ1) is 17.8. The zero-order chi connectivity index (χ0) is 17.6. The van der Waals surface area contributed by atoms with Gasteiger partial charge in [0.15, 0.2) is 5.82 Å². The fraction of sp³-hybridized carbons (Fsp3) is 0.294. The standard InChI is InChI=1S/C17H17Cl2N5O/c1-25-9-6-16-22-17(5-3-13-11-20-7-8-21-13)24(23-16)15-10-12(18)2-4-14(15)19/h2,4,7-8,10-11H,3,5-6,9H2,1H3. The highest BCUT2D eigenvalue weighted by Gasteiger charge is 2.15. The number of ether oxygens (including phenoxy) is 1. The van der Waals surface area contributed by atoms with Gasteiger partial charge in [0, 0.05) is 43.6 Å². The molecule has 0 N–H and O–H groups in total. The molecule has 0 unspecified atom stereocenters. The molecule has 8 heteroatoms. The van der Waals surface area contributed by atoms with E-state index in [1.807, 2.05) is 0 Å². The molecule has 0 aliphatic rings. The quantitative estimate of drug-likeness (QED) is 0.631. The van der Waals surface area contributed by atoms with Crippen LogP contribution in [0.5, 0.6) is 0 Å². The third-order valence-electron chi connectivity index (χ3n) is 3.61. The predicted octanol–water partition coefficient (Wildman–Crippen LogP) is 3.34. The number of rotatable bonds is 7. The number of aryl methyl sites for hydroxylation is 2. The zero-order valence-electron chi connectivity index (χ0n) is 13.7. The van der Waals surface area contributed by atoms with Crippen molar-refractivity contribution in [2.24, 2.45) is 0 Å². The van der Waals surface area contributed by atoms with Crippen molar-refractivity contribution in [1.29, 1.82) is 0 Å². The molecule has 2 heterocycles. The Morgan fingerprint density at radius 2 is 2.00 bits per heavy atom. The van der Waals surface area contributed by atoms with Crippen molar-refractivity contribution >= 4 is 23.2 Å². The molecule has 0 aliphatic carbocycles. The van der Waals surface area contributed by atoms with Gasteiger partial charge in [0.25, 0.3) is 0 Å². The van der Waals surface area contributed by atoms with E-state index < -0.39 is 0 Å². The minimum absolute atomic E-state index is 0.552. The first-order chi connectivity index (χ1) is 12.2. The lowest BCUT2D eigenvalue weighted by molar-refractivity contribution is 0.200. The number of aromatic nitrogens is 5. The van der Waals surface area contributed by atoms with Crippen molar-refractivity contribution in [2.45, 2.75) is 19.3 Å². The molecule has 6 nitrogen and oxygen atoms in total. The molecule has 0 saturated heterocycles. The molecule has 3 aromatic rings. The Hall–Kier alpha value is -2.02. The Kier molecular flexibility index (Phi) is 5.96. The molecule has 25 heavy (non-hydrogen) atoms. The second-order valence-electron chi connectivity index (χ2n) is 5.39. The first-order valence-electron chi connectivity index (χ1n) is 7.81. The normalized spacial score (nSPS) is 11.0. The third-order valence-corrected chi connectivity index (χ3v) is 4.16. The van der Waals surface area contributed by atoms with Gasteiger partial charge in [-0.15, -0.1) is 0 Å². The van der Waals surface area contributed by atoms with E-state index >= 15 is 0 Å². The summed E-state index contributed by atoms with van der Waals surface area (Å²) in [6.45, 7) is 0.552. The predicted molar refractivity (Wildman–Crippen MR) is 96.4 cm³/mol. The minimum atomic E-state index is 0.552. The van der Waals surface area contributed by atoms with Gasteiger partial charge in [-0.2, -0.15) is 5.10 Å². The maximum atomic E-state index is 6.34. The van der Waals surface area contributed by atoms with E-state index in [1.165, 1.54) is 0 Å². The highest BCUT2D eigenvalue weighted by Crippen LogP contribution is 2.25. The van der Waals surface area contributed by atoms with E-state index in [0.29, 0.717) is 47.4 Å². The van der Waals surface area contributed by atoms with Crippen molar-refractivity contribution in [3.8, 4) is 5.69 Å². The van der Waals surface area contributed by atoms with Crippen molar-refractivity contribution < 1.29 is 4.74 Å². The summed E-state index contributed by atoms with van der Waals surface area (Å²) in [4.78, 5) is 13.0. The second-order valence-corrected chi connectivity index (χ2v) is 6.23. The van der Waals surface area contributed by atoms with E-state index in [2.05, 4.69) is 20.1 Å². The van der Waals surface area contributed by atoms with Crippen LogP contribution in [0.2, 0.25) is 10.0 Å². The van der Waals surface area contributed by atoms with Gasteiger partial charge in [-0.3, -0.25) is 9.97 Å². The summed E-state index contributed by atoms with van der Waals surface area (Å²) >= 11 is 12.5. The van der Waals surface area contributed by atoms with Crippen LogP contribution in [-0.2, 0) is 24.0 Å². The molecule has 0 radical (unpaired) electrons. The van der Waals surface area contributed by atoms with E-state index in [-0.39, 0.29) is 0 Å². The fourth-order valence-electron chi connectivity index (χ4n) is 2.39. The fourth-order valence-corrected chi connectivity index (χ4v) is 2.76. The van der Waals surface area contributed by atoms with Gasteiger partial charge in [-0.05, 0) is 24.6 Å². The van der Waals surface area contributed by atoms with Crippen LogP contribution in [0, 0.1) is 0 Å². The average Bonchev–Trinajstić information content (AvgIpc) is 3.04. The van der Waals surface area contributed by atoms with E-state index in [9.17, 15) is 0 Å². The highest BCUT2D eigenvalue weighted by molar-refractivity contribution is 6.34. The molecule has 3 rings (SSSR count).